The maximum Gasteiger partial charge on any atom is 0.326 e. The molecule has 0 radical (unpaired) electrons. The van der Waals surface area contributed by atoms with E-state index in [0.717, 1.165) is 0 Å². The number of aromatic nitrogens is 1. The van der Waals surface area contributed by atoms with Crippen molar-refractivity contribution < 1.29 is 14.7 Å². The van der Waals surface area contributed by atoms with Gasteiger partial charge in [0.25, 0.3) is 5.91 Å². The third kappa shape index (κ3) is 3.20. The van der Waals surface area contributed by atoms with Crippen LogP contribution in [0.3, 0.4) is 0 Å². The number of pyridine rings is 1. The van der Waals surface area contributed by atoms with Crippen molar-refractivity contribution in [1.82, 2.24) is 10.3 Å². The highest BCUT2D eigenvalue weighted by Gasteiger charge is 2.18. The Labute approximate surface area is 92.8 Å². The largest absolute Gasteiger partial charge is 0.480 e. The fourth-order valence-corrected chi connectivity index (χ4v) is 1.13. The maximum absolute atomic E-state index is 11.6. The zero-order valence-corrected chi connectivity index (χ0v) is 8.59. The first kappa shape index (κ1) is 11.9. The van der Waals surface area contributed by atoms with Crippen LogP contribution in [0, 0.1) is 0 Å². The Kier molecular flexibility index (Phi) is 4.20. The molecule has 0 saturated carbocycles. The molecule has 2 N–H and O–H groups in total. The second-order valence-corrected chi connectivity index (χ2v) is 3.13. The SMILES string of the molecule is C=CCC(NC(=O)c1cccnc1)C(=O)O. The van der Waals surface area contributed by atoms with Gasteiger partial charge in [0.2, 0.25) is 0 Å². The molecule has 0 aliphatic rings. The van der Waals surface area contributed by atoms with E-state index >= 15 is 0 Å². The van der Waals surface area contributed by atoms with Gasteiger partial charge in [-0.05, 0) is 18.6 Å². The van der Waals surface area contributed by atoms with Crippen molar-refractivity contribution in [2.75, 3.05) is 0 Å². The maximum atomic E-state index is 11.6. The number of carbonyl (C=O) groups excluding carboxylic acids is 1. The number of carboxylic acid groups (broad SMARTS) is 1. The van der Waals surface area contributed by atoms with Crippen molar-refractivity contribution in [3.63, 3.8) is 0 Å². The van der Waals surface area contributed by atoms with Crippen LogP contribution in [-0.4, -0.2) is 28.0 Å². The molecule has 1 rings (SSSR count). The summed E-state index contributed by atoms with van der Waals surface area (Å²) in [4.78, 5) is 26.1. The second kappa shape index (κ2) is 5.65. The van der Waals surface area contributed by atoms with Gasteiger partial charge in [0.1, 0.15) is 6.04 Å². The van der Waals surface area contributed by atoms with Crippen LogP contribution in [0.1, 0.15) is 16.8 Å². The van der Waals surface area contributed by atoms with Gasteiger partial charge in [-0.1, -0.05) is 6.08 Å². The van der Waals surface area contributed by atoms with Crippen LogP contribution in [0.25, 0.3) is 0 Å². The molecule has 0 saturated heterocycles. The van der Waals surface area contributed by atoms with Crippen LogP contribution >= 0.6 is 0 Å². The minimum absolute atomic E-state index is 0.182. The molecule has 5 heteroatoms. The summed E-state index contributed by atoms with van der Waals surface area (Å²) in [5, 5.41) is 11.2. The van der Waals surface area contributed by atoms with Crippen molar-refractivity contribution in [2.45, 2.75) is 12.5 Å². The minimum Gasteiger partial charge on any atom is -0.480 e. The summed E-state index contributed by atoms with van der Waals surface area (Å²) in [7, 11) is 0. The molecule has 0 bridgehead atoms. The Morgan fingerprint density at radius 1 is 1.62 bits per heavy atom. The molecular weight excluding hydrogens is 208 g/mol. The summed E-state index contributed by atoms with van der Waals surface area (Å²) in [6.07, 6.45) is 4.54. The molecule has 1 aromatic heterocycles. The topological polar surface area (TPSA) is 79.3 Å². The van der Waals surface area contributed by atoms with Gasteiger partial charge in [0.15, 0.2) is 0 Å². The number of carbonyl (C=O) groups is 2. The fraction of sp³-hybridized carbons (Fsp3) is 0.182. The van der Waals surface area contributed by atoms with E-state index in [1.54, 1.807) is 12.1 Å². The Morgan fingerprint density at radius 2 is 2.38 bits per heavy atom. The smallest absolute Gasteiger partial charge is 0.326 e. The number of nitrogens with zero attached hydrogens (tertiary/aromatic N) is 1. The van der Waals surface area contributed by atoms with Gasteiger partial charge >= 0.3 is 5.97 Å². The Morgan fingerprint density at radius 3 is 2.88 bits per heavy atom. The summed E-state index contributed by atoms with van der Waals surface area (Å²) in [6.45, 7) is 3.44. The molecule has 1 unspecified atom stereocenters. The summed E-state index contributed by atoms with van der Waals surface area (Å²) < 4.78 is 0. The number of amides is 1. The Hall–Kier alpha value is -2.17. The van der Waals surface area contributed by atoms with Crippen LogP contribution in [0.2, 0.25) is 0 Å². The molecule has 0 aliphatic carbocycles. The minimum atomic E-state index is -1.09. The van der Waals surface area contributed by atoms with Crippen molar-refractivity contribution in [3.05, 3.63) is 42.7 Å². The molecule has 1 heterocycles. The van der Waals surface area contributed by atoms with Crippen molar-refractivity contribution in [1.29, 1.82) is 0 Å². The van der Waals surface area contributed by atoms with E-state index in [4.69, 9.17) is 5.11 Å². The zero-order valence-electron chi connectivity index (χ0n) is 8.59. The summed E-state index contributed by atoms with van der Waals surface area (Å²) in [6, 6.07) is 2.22. The van der Waals surface area contributed by atoms with E-state index in [2.05, 4.69) is 16.9 Å². The van der Waals surface area contributed by atoms with Gasteiger partial charge in [-0.2, -0.15) is 0 Å². The fourth-order valence-electron chi connectivity index (χ4n) is 1.13. The first-order valence-corrected chi connectivity index (χ1v) is 4.69. The zero-order chi connectivity index (χ0) is 12.0. The van der Waals surface area contributed by atoms with Crippen molar-refractivity contribution >= 4 is 11.9 Å². The number of aliphatic carboxylic acids is 1. The van der Waals surface area contributed by atoms with Gasteiger partial charge in [-0.25, -0.2) is 4.79 Å². The average molecular weight is 220 g/mol. The van der Waals surface area contributed by atoms with Crippen LogP contribution in [-0.2, 0) is 4.79 Å². The first-order valence-electron chi connectivity index (χ1n) is 4.69. The molecule has 1 aromatic rings. The Bertz CT molecular complexity index is 389. The van der Waals surface area contributed by atoms with Gasteiger partial charge in [-0.15, -0.1) is 6.58 Å². The third-order valence-corrected chi connectivity index (χ3v) is 1.93. The van der Waals surface area contributed by atoms with Crippen LogP contribution in [0.5, 0.6) is 0 Å². The number of rotatable bonds is 5. The lowest BCUT2D eigenvalue weighted by atomic mass is 10.2. The molecule has 0 spiro atoms. The van der Waals surface area contributed by atoms with Gasteiger partial charge in [-0.3, -0.25) is 9.78 Å². The molecular formula is C11H12N2O3. The number of hydrogen-bond acceptors (Lipinski definition) is 3. The van der Waals surface area contributed by atoms with E-state index in [9.17, 15) is 9.59 Å². The molecule has 0 fully saturated rings. The normalized spacial score (nSPS) is 11.5. The summed E-state index contributed by atoms with van der Waals surface area (Å²) in [5.74, 6) is -1.54. The van der Waals surface area contributed by atoms with E-state index in [1.165, 1.54) is 18.5 Å². The Balaban J connectivity index is 2.69. The van der Waals surface area contributed by atoms with E-state index in [-0.39, 0.29) is 6.42 Å². The predicted octanol–water partition coefficient (Wildman–Crippen LogP) is 0.841. The molecule has 0 aliphatic heterocycles. The summed E-state index contributed by atoms with van der Waals surface area (Å²) >= 11 is 0. The highest BCUT2D eigenvalue weighted by Crippen LogP contribution is 1.99. The van der Waals surface area contributed by atoms with Crippen LogP contribution in [0.4, 0.5) is 0 Å². The predicted molar refractivity (Wildman–Crippen MR) is 57.9 cm³/mol. The lowest BCUT2D eigenvalue weighted by molar-refractivity contribution is -0.139. The van der Waals surface area contributed by atoms with Crippen molar-refractivity contribution in [3.8, 4) is 0 Å². The highest BCUT2D eigenvalue weighted by molar-refractivity contribution is 5.96. The van der Waals surface area contributed by atoms with Gasteiger partial charge in [0, 0.05) is 12.4 Å². The third-order valence-electron chi connectivity index (χ3n) is 1.93. The van der Waals surface area contributed by atoms with Gasteiger partial charge < -0.3 is 10.4 Å². The van der Waals surface area contributed by atoms with E-state index in [0.29, 0.717) is 5.56 Å². The quantitative estimate of drug-likeness (QED) is 0.721. The lowest BCUT2D eigenvalue weighted by Gasteiger charge is -2.11. The number of carboxylic acids is 1. The average Bonchev–Trinajstić information content (AvgIpc) is 2.29. The molecule has 16 heavy (non-hydrogen) atoms. The van der Waals surface area contributed by atoms with E-state index < -0.39 is 17.9 Å². The van der Waals surface area contributed by atoms with Crippen LogP contribution < -0.4 is 5.32 Å². The monoisotopic (exact) mass is 220 g/mol. The first-order chi connectivity index (χ1) is 7.65. The molecule has 1 amide bonds. The molecule has 84 valence electrons. The highest BCUT2D eigenvalue weighted by atomic mass is 16.4. The second-order valence-electron chi connectivity index (χ2n) is 3.13. The molecule has 1 atom stereocenters. The van der Waals surface area contributed by atoms with Crippen LogP contribution in [0.15, 0.2) is 37.2 Å². The van der Waals surface area contributed by atoms with E-state index in [1.807, 2.05) is 0 Å². The molecule has 5 nitrogen and oxygen atoms in total. The number of hydrogen-bond donors (Lipinski definition) is 2. The number of nitrogens with one attached hydrogen (secondary N) is 1. The summed E-state index contributed by atoms with van der Waals surface area (Å²) in [5.41, 5.74) is 0.331. The van der Waals surface area contributed by atoms with Crippen molar-refractivity contribution in [2.24, 2.45) is 0 Å². The standard InChI is InChI=1S/C11H12N2O3/c1-2-4-9(11(15)16)13-10(14)8-5-3-6-12-7-8/h2-3,5-7,9H,1,4H2,(H,13,14)(H,15,16). The molecule has 0 aromatic carbocycles. The lowest BCUT2D eigenvalue weighted by Crippen LogP contribution is -2.40. The van der Waals surface area contributed by atoms with Gasteiger partial charge in [0.05, 0.1) is 5.56 Å².